The SMILES string of the molecule is COC(=O)[C@H]1[C@H](C(=O)OC)N1Cl. The van der Waals surface area contributed by atoms with Crippen LogP contribution in [0.5, 0.6) is 0 Å². The molecule has 68 valence electrons. The standard InChI is InChI=1S/C6H8ClNO4/c1-11-5(9)3-4(8(3)7)6(10)12-2/h3-4H,1-2H3/t3-,4-/m1/s1. The summed E-state index contributed by atoms with van der Waals surface area (Å²) in [4.78, 5) is 21.7. The maximum atomic E-state index is 10.9. The number of nitrogens with zero attached hydrogens (tertiary/aromatic N) is 1. The van der Waals surface area contributed by atoms with Crippen molar-refractivity contribution in [2.45, 2.75) is 12.1 Å². The number of esters is 2. The first kappa shape index (κ1) is 9.28. The third kappa shape index (κ3) is 1.37. The van der Waals surface area contributed by atoms with Gasteiger partial charge in [-0.3, -0.25) is 9.59 Å². The summed E-state index contributed by atoms with van der Waals surface area (Å²) in [6.45, 7) is 0. The third-order valence-corrected chi connectivity index (χ3v) is 2.05. The molecule has 0 spiro atoms. The van der Waals surface area contributed by atoms with E-state index in [1.165, 1.54) is 14.2 Å². The Morgan fingerprint density at radius 2 is 1.50 bits per heavy atom. The molecule has 0 amide bonds. The van der Waals surface area contributed by atoms with Crippen LogP contribution in [0.3, 0.4) is 0 Å². The zero-order chi connectivity index (χ0) is 9.30. The van der Waals surface area contributed by atoms with Gasteiger partial charge in [0.25, 0.3) is 0 Å². The third-order valence-electron chi connectivity index (χ3n) is 1.63. The van der Waals surface area contributed by atoms with Crippen molar-refractivity contribution in [1.82, 2.24) is 4.42 Å². The second kappa shape index (κ2) is 3.28. The van der Waals surface area contributed by atoms with Gasteiger partial charge in [0.05, 0.1) is 14.2 Å². The molecule has 0 bridgehead atoms. The van der Waals surface area contributed by atoms with Gasteiger partial charge in [-0.1, -0.05) is 0 Å². The smallest absolute Gasteiger partial charge is 0.326 e. The van der Waals surface area contributed by atoms with Crippen LogP contribution >= 0.6 is 11.8 Å². The van der Waals surface area contributed by atoms with Gasteiger partial charge in [-0.05, 0) is 11.8 Å². The van der Waals surface area contributed by atoms with E-state index in [1.54, 1.807) is 0 Å². The van der Waals surface area contributed by atoms with Crippen LogP contribution in [0.4, 0.5) is 0 Å². The van der Waals surface area contributed by atoms with E-state index in [1.807, 2.05) is 0 Å². The lowest BCUT2D eigenvalue weighted by atomic mass is 10.3. The molecule has 6 heteroatoms. The van der Waals surface area contributed by atoms with Crippen molar-refractivity contribution < 1.29 is 19.1 Å². The number of ether oxygens (including phenoxy) is 2. The van der Waals surface area contributed by atoms with E-state index in [0.717, 1.165) is 4.42 Å². The molecule has 0 radical (unpaired) electrons. The first-order valence-corrected chi connectivity index (χ1v) is 3.57. The van der Waals surface area contributed by atoms with E-state index in [9.17, 15) is 9.59 Å². The first-order valence-electron chi connectivity index (χ1n) is 3.23. The van der Waals surface area contributed by atoms with Gasteiger partial charge in [0.15, 0.2) is 12.1 Å². The second-order valence-corrected chi connectivity index (χ2v) is 2.67. The van der Waals surface area contributed by atoms with E-state index < -0.39 is 24.0 Å². The van der Waals surface area contributed by atoms with E-state index >= 15 is 0 Å². The van der Waals surface area contributed by atoms with Crippen LogP contribution in [0.15, 0.2) is 0 Å². The van der Waals surface area contributed by atoms with Crippen LogP contribution in [0.1, 0.15) is 0 Å². The summed E-state index contributed by atoms with van der Waals surface area (Å²) in [5, 5.41) is 0. The van der Waals surface area contributed by atoms with E-state index in [0.29, 0.717) is 0 Å². The summed E-state index contributed by atoms with van der Waals surface area (Å²) < 4.78 is 9.86. The van der Waals surface area contributed by atoms with Gasteiger partial charge in [0.2, 0.25) is 0 Å². The maximum absolute atomic E-state index is 10.9. The molecule has 2 atom stereocenters. The van der Waals surface area contributed by atoms with Crippen LogP contribution in [0, 0.1) is 0 Å². The largest absolute Gasteiger partial charge is 0.468 e. The molecule has 12 heavy (non-hydrogen) atoms. The summed E-state index contributed by atoms with van der Waals surface area (Å²) >= 11 is 5.50. The Balaban J connectivity index is 2.53. The van der Waals surface area contributed by atoms with Crippen molar-refractivity contribution in [3.63, 3.8) is 0 Å². The van der Waals surface area contributed by atoms with Gasteiger partial charge in [-0.15, -0.1) is 0 Å². The number of halogens is 1. The van der Waals surface area contributed by atoms with Crippen molar-refractivity contribution in [2.24, 2.45) is 0 Å². The predicted octanol–water partition coefficient (Wildman–Crippen LogP) is -0.461. The minimum Gasteiger partial charge on any atom is -0.468 e. The fourth-order valence-electron chi connectivity index (χ4n) is 0.906. The Morgan fingerprint density at radius 1 is 1.17 bits per heavy atom. The Labute approximate surface area is 74.3 Å². The molecule has 1 aliphatic heterocycles. The molecule has 0 aromatic carbocycles. The molecule has 0 aliphatic carbocycles. The predicted molar refractivity (Wildman–Crippen MR) is 39.3 cm³/mol. The number of carbonyl (C=O) groups excluding carboxylic acids is 2. The quantitative estimate of drug-likeness (QED) is 0.338. The molecule has 1 heterocycles. The molecule has 1 fully saturated rings. The minimum absolute atomic E-state index is 0.527. The summed E-state index contributed by atoms with van der Waals surface area (Å²) in [6, 6.07) is -1.38. The zero-order valence-corrected chi connectivity index (χ0v) is 7.37. The lowest BCUT2D eigenvalue weighted by molar-refractivity contribution is -0.144. The van der Waals surface area contributed by atoms with Gasteiger partial charge in [-0.2, -0.15) is 4.42 Å². The fraction of sp³-hybridized carbons (Fsp3) is 0.667. The molecule has 0 N–H and O–H groups in total. The van der Waals surface area contributed by atoms with Crippen LogP contribution < -0.4 is 0 Å². The highest BCUT2D eigenvalue weighted by molar-refractivity contribution is 6.20. The second-order valence-electron chi connectivity index (χ2n) is 2.28. The average Bonchev–Trinajstić information content (AvgIpc) is 2.74. The minimum atomic E-state index is -0.691. The lowest BCUT2D eigenvalue weighted by Gasteiger charge is -1.93. The van der Waals surface area contributed by atoms with Gasteiger partial charge >= 0.3 is 11.9 Å². The number of carbonyl (C=O) groups is 2. The lowest BCUT2D eigenvalue weighted by Crippen LogP contribution is -2.18. The van der Waals surface area contributed by atoms with Crippen molar-refractivity contribution in [3.8, 4) is 0 Å². The maximum Gasteiger partial charge on any atom is 0.326 e. The highest BCUT2D eigenvalue weighted by Crippen LogP contribution is 2.32. The molecule has 0 unspecified atom stereocenters. The number of rotatable bonds is 2. The van der Waals surface area contributed by atoms with Crippen LogP contribution in [-0.2, 0) is 19.1 Å². The topological polar surface area (TPSA) is 55.6 Å². The van der Waals surface area contributed by atoms with Gasteiger partial charge in [0.1, 0.15) is 0 Å². The molecule has 1 rings (SSSR count). The van der Waals surface area contributed by atoms with Crippen molar-refractivity contribution in [2.75, 3.05) is 14.2 Å². The Morgan fingerprint density at radius 3 is 1.75 bits per heavy atom. The van der Waals surface area contributed by atoms with Crippen LogP contribution in [0.2, 0.25) is 0 Å². The molecule has 0 aromatic rings. The molecule has 1 saturated heterocycles. The van der Waals surface area contributed by atoms with E-state index in [-0.39, 0.29) is 0 Å². The Kier molecular flexibility index (Phi) is 2.54. The molecular weight excluding hydrogens is 186 g/mol. The summed E-state index contributed by atoms with van der Waals surface area (Å²) in [5.41, 5.74) is 0. The molecule has 0 aromatic heterocycles. The molecular formula is C6H8ClNO4. The first-order chi connectivity index (χ1) is 5.63. The van der Waals surface area contributed by atoms with Gasteiger partial charge in [-0.25, -0.2) is 0 Å². The van der Waals surface area contributed by atoms with Crippen LogP contribution in [-0.4, -0.2) is 42.7 Å². The highest BCUT2D eigenvalue weighted by atomic mass is 35.5. The summed E-state index contributed by atoms with van der Waals surface area (Å²) in [6.07, 6.45) is 0. The number of hydrogen-bond acceptors (Lipinski definition) is 5. The normalized spacial score (nSPS) is 32.4. The highest BCUT2D eigenvalue weighted by Gasteiger charge is 2.58. The molecule has 0 saturated carbocycles. The Bertz CT molecular complexity index is 198. The summed E-state index contributed by atoms with van der Waals surface area (Å²) in [7, 11) is 2.47. The number of methoxy groups -OCH3 is 2. The van der Waals surface area contributed by atoms with Crippen LogP contribution in [0.25, 0.3) is 0 Å². The zero-order valence-electron chi connectivity index (χ0n) is 6.61. The van der Waals surface area contributed by atoms with E-state index in [2.05, 4.69) is 9.47 Å². The van der Waals surface area contributed by atoms with Gasteiger partial charge in [0, 0.05) is 0 Å². The van der Waals surface area contributed by atoms with Crippen molar-refractivity contribution >= 4 is 23.7 Å². The number of hydrogen-bond donors (Lipinski definition) is 0. The monoisotopic (exact) mass is 193 g/mol. The fourth-order valence-corrected chi connectivity index (χ4v) is 1.23. The summed E-state index contributed by atoms with van der Waals surface area (Å²) in [5.74, 6) is -1.05. The van der Waals surface area contributed by atoms with Crippen molar-refractivity contribution in [1.29, 1.82) is 0 Å². The molecule has 5 nitrogen and oxygen atoms in total. The average molecular weight is 194 g/mol. The van der Waals surface area contributed by atoms with Crippen molar-refractivity contribution in [3.05, 3.63) is 0 Å². The van der Waals surface area contributed by atoms with E-state index in [4.69, 9.17) is 11.8 Å². The molecule has 1 aliphatic rings. The Hall–Kier alpha value is -0.810. The van der Waals surface area contributed by atoms with Gasteiger partial charge < -0.3 is 9.47 Å².